The zero-order chi connectivity index (χ0) is 26.2. The van der Waals surface area contributed by atoms with Gasteiger partial charge in [0.2, 0.25) is 0 Å². The first-order valence-corrected chi connectivity index (χ1v) is 12.3. The number of amides is 2. The Morgan fingerprint density at radius 1 is 1.14 bits per heavy atom. The molecule has 0 saturated carbocycles. The largest absolute Gasteiger partial charge is 0.351 e. The maximum Gasteiger partial charge on any atom is 0.257 e. The minimum absolute atomic E-state index is 0.0656. The number of benzene rings is 1. The number of halogens is 1. The van der Waals surface area contributed by atoms with Gasteiger partial charge in [0.05, 0.1) is 23.1 Å². The summed E-state index contributed by atoms with van der Waals surface area (Å²) in [5.41, 5.74) is 3.13. The van der Waals surface area contributed by atoms with E-state index in [4.69, 9.17) is 0 Å². The molecule has 4 aromatic rings. The fourth-order valence-electron chi connectivity index (χ4n) is 4.66. The molecule has 5 rings (SSSR count). The number of fused-ring (bicyclic) bond motifs is 1. The van der Waals surface area contributed by atoms with Gasteiger partial charge >= 0.3 is 0 Å². The molecule has 0 atom stereocenters. The second-order valence-electron chi connectivity index (χ2n) is 10.3. The number of pyridine rings is 1. The van der Waals surface area contributed by atoms with Crippen molar-refractivity contribution in [2.24, 2.45) is 12.5 Å². The van der Waals surface area contributed by atoms with Gasteiger partial charge in [-0.15, -0.1) is 0 Å². The minimum Gasteiger partial charge on any atom is -0.351 e. The molecule has 0 aliphatic carbocycles. The summed E-state index contributed by atoms with van der Waals surface area (Å²) in [6.45, 7) is 7.76. The molecular formula is C27H30FN7O2. The number of aryl methyl sites for hydroxylation is 1. The van der Waals surface area contributed by atoms with Crippen LogP contribution in [0.3, 0.4) is 0 Å². The van der Waals surface area contributed by atoms with Gasteiger partial charge in [-0.1, -0.05) is 13.8 Å². The fourth-order valence-corrected chi connectivity index (χ4v) is 4.66. The summed E-state index contributed by atoms with van der Waals surface area (Å²) < 4.78 is 16.2. The molecule has 3 N–H and O–H groups in total. The average Bonchev–Trinajstić information content (AvgIpc) is 3.57. The molecule has 3 aromatic heterocycles. The number of likely N-dealkylation sites (tertiary alicyclic amines) is 1. The van der Waals surface area contributed by atoms with Crippen molar-refractivity contribution < 1.29 is 14.0 Å². The molecule has 4 heterocycles. The molecule has 9 nitrogen and oxygen atoms in total. The smallest absolute Gasteiger partial charge is 0.257 e. The van der Waals surface area contributed by atoms with Crippen molar-refractivity contribution in [3.05, 3.63) is 65.9 Å². The van der Waals surface area contributed by atoms with Crippen LogP contribution in [0.5, 0.6) is 0 Å². The van der Waals surface area contributed by atoms with Crippen molar-refractivity contribution in [2.45, 2.75) is 20.3 Å². The highest BCUT2D eigenvalue weighted by Crippen LogP contribution is 2.28. The molecule has 1 aromatic carbocycles. The molecule has 0 unspecified atom stereocenters. The average molecular weight is 504 g/mol. The molecule has 192 valence electrons. The molecular weight excluding hydrogens is 473 g/mol. The normalized spacial score (nSPS) is 15.2. The van der Waals surface area contributed by atoms with Gasteiger partial charge < -0.3 is 20.5 Å². The summed E-state index contributed by atoms with van der Waals surface area (Å²) in [5, 5.41) is 10.4. The topological polar surface area (TPSA) is 108 Å². The number of carbonyl (C=O) groups excluding carboxylic acids is 2. The molecule has 0 radical (unpaired) electrons. The fraction of sp³-hybridized carbons (Fsp3) is 0.333. The van der Waals surface area contributed by atoms with Gasteiger partial charge in [0.25, 0.3) is 11.8 Å². The summed E-state index contributed by atoms with van der Waals surface area (Å²) in [4.78, 5) is 35.4. The van der Waals surface area contributed by atoms with Crippen LogP contribution in [0.1, 0.15) is 41.0 Å². The van der Waals surface area contributed by atoms with Crippen molar-refractivity contribution >= 4 is 28.5 Å². The monoisotopic (exact) mass is 503 g/mol. The number of aromatic nitrogens is 4. The lowest BCUT2D eigenvalue weighted by Gasteiger charge is -2.19. The number of anilines is 1. The van der Waals surface area contributed by atoms with E-state index in [-0.39, 0.29) is 22.7 Å². The third kappa shape index (κ3) is 5.54. The van der Waals surface area contributed by atoms with Gasteiger partial charge in [0, 0.05) is 55.6 Å². The first kappa shape index (κ1) is 24.6. The van der Waals surface area contributed by atoms with Crippen molar-refractivity contribution in [3.63, 3.8) is 0 Å². The number of nitrogens with zero attached hydrogens (tertiary/aromatic N) is 4. The van der Waals surface area contributed by atoms with Gasteiger partial charge in [-0.25, -0.2) is 9.37 Å². The molecule has 2 amide bonds. The van der Waals surface area contributed by atoms with Gasteiger partial charge in [0.15, 0.2) is 0 Å². The Kier molecular flexibility index (Phi) is 6.51. The Bertz CT molecular complexity index is 1470. The third-order valence-electron chi connectivity index (χ3n) is 6.69. The standard InChI is InChI=1S/C27H30FN7O2/c1-27(2)6-8-35(16-27)9-7-29-25(36)17-4-5-21(28)23(11-17)33-26(37)19-10-18-12-22(32-24(18)30-13-19)20-14-31-34(3)15-20/h4-5,10-15H,6-9,16H2,1-3H3,(H,29,36)(H,30,32)(H,33,37). The second kappa shape index (κ2) is 9.78. The predicted molar refractivity (Wildman–Crippen MR) is 140 cm³/mol. The van der Waals surface area contributed by atoms with Gasteiger partial charge in [-0.3, -0.25) is 14.3 Å². The Balaban J connectivity index is 1.24. The van der Waals surface area contributed by atoms with E-state index in [0.29, 0.717) is 17.6 Å². The lowest BCUT2D eigenvalue weighted by molar-refractivity contribution is 0.0948. The first-order valence-electron chi connectivity index (χ1n) is 12.3. The Hall–Kier alpha value is -4.05. The highest BCUT2D eigenvalue weighted by atomic mass is 19.1. The number of hydrogen-bond donors (Lipinski definition) is 3. The van der Waals surface area contributed by atoms with Gasteiger partial charge in [-0.05, 0) is 48.7 Å². The van der Waals surface area contributed by atoms with Crippen LogP contribution in [0.25, 0.3) is 22.3 Å². The predicted octanol–water partition coefficient (Wildman–Crippen LogP) is 3.82. The van der Waals surface area contributed by atoms with Crippen LogP contribution >= 0.6 is 0 Å². The number of rotatable bonds is 7. The Morgan fingerprint density at radius 2 is 1.97 bits per heavy atom. The first-order chi connectivity index (χ1) is 17.7. The van der Waals surface area contributed by atoms with Crippen LogP contribution in [0.4, 0.5) is 10.1 Å². The molecule has 0 spiro atoms. The highest BCUT2D eigenvalue weighted by Gasteiger charge is 2.28. The van der Waals surface area contributed by atoms with Crippen molar-refractivity contribution in [1.29, 1.82) is 0 Å². The van der Waals surface area contributed by atoms with E-state index in [0.717, 1.165) is 42.7 Å². The maximum absolute atomic E-state index is 14.5. The quantitative estimate of drug-likeness (QED) is 0.355. The van der Waals surface area contributed by atoms with Crippen LogP contribution in [0.2, 0.25) is 0 Å². The van der Waals surface area contributed by atoms with E-state index in [1.165, 1.54) is 24.4 Å². The van der Waals surface area contributed by atoms with E-state index >= 15 is 0 Å². The van der Waals surface area contributed by atoms with Crippen molar-refractivity contribution in [1.82, 2.24) is 30.0 Å². The summed E-state index contributed by atoms with van der Waals surface area (Å²) in [5.74, 6) is -1.46. The van der Waals surface area contributed by atoms with E-state index in [9.17, 15) is 14.0 Å². The van der Waals surface area contributed by atoms with Crippen LogP contribution in [-0.4, -0.2) is 62.6 Å². The van der Waals surface area contributed by atoms with Crippen molar-refractivity contribution in [2.75, 3.05) is 31.5 Å². The number of aromatic amines is 1. The Morgan fingerprint density at radius 3 is 2.70 bits per heavy atom. The minimum atomic E-state index is -0.626. The second-order valence-corrected chi connectivity index (χ2v) is 10.3. The zero-order valence-electron chi connectivity index (χ0n) is 21.1. The number of carbonyl (C=O) groups is 2. The zero-order valence-corrected chi connectivity index (χ0v) is 21.1. The summed E-state index contributed by atoms with van der Waals surface area (Å²) in [6, 6.07) is 7.51. The van der Waals surface area contributed by atoms with E-state index in [1.807, 2.05) is 19.3 Å². The van der Waals surface area contributed by atoms with Crippen LogP contribution < -0.4 is 10.6 Å². The summed E-state index contributed by atoms with van der Waals surface area (Å²) in [6.07, 6.45) is 6.17. The molecule has 0 bridgehead atoms. The number of hydrogen-bond acceptors (Lipinski definition) is 5. The van der Waals surface area contributed by atoms with E-state index in [1.54, 1.807) is 16.9 Å². The molecule has 1 aliphatic rings. The highest BCUT2D eigenvalue weighted by molar-refractivity contribution is 6.06. The van der Waals surface area contributed by atoms with Gasteiger partial charge in [-0.2, -0.15) is 5.10 Å². The SMILES string of the molecule is Cn1cc(-c2cc3cc(C(=O)Nc4cc(C(=O)NCCN5CCC(C)(C)C5)ccc4F)cnc3[nH]2)cn1. The van der Waals surface area contributed by atoms with Crippen molar-refractivity contribution in [3.8, 4) is 11.3 Å². The Labute approximate surface area is 214 Å². The van der Waals surface area contributed by atoms with Crippen LogP contribution in [0, 0.1) is 11.2 Å². The molecule has 37 heavy (non-hydrogen) atoms. The summed E-state index contributed by atoms with van der Waals surface area (Å²) in [7, 11) is 1.83. The van der Waals surface area contributed by atoms with E-state index in [2.05, 4.69) is 44.4 Å². The molecule has 1 aliphatic heterocycles. The molecule has 1 saturated heterocycles. The lowest BCUT2D eigenvalue weighted by atomic mass is 9.93. The van der Waals surface area contributed by atoms with Crippen LogP contribution in [0.15, 0.2) is 48.9 Å². The van der Waals surface area contributed by atoms with E-state index < -0.39 is 11.7 Å². The van der Waals surface area contributed by atoms with Gasteiger partial charge in [0.1, 0.15) is 11.5 Å². The van der Waals surface area contributed by atoms with Crippen LogP contribution in [-0.2, 0) is 7.05 Å². The third-order valence-corrected chi connectivity index (χ3v) is 6.69. The molecule has 10 heteroatoms. The lowest BCUT2D eigenvalue weighted by Crippen LogP contribution is -2.34. The maximum atomic E-state index is 14.5. The summed E-state index contributed by atoms with van der Waals surface area (Å²) >= 11 is 0. The number of H-pyrrole nitrogens is 1. The number of nitrogens with one attached hydrogen (secondary N) is 3. The molecule has 1 fully saturated rings.